The van der Waals surface area contributed by atoms with E-state index in [9.17, 15) is 28.1 Å². The van der Waals surface area contributed by atoms with Gasteiger partial charge in [-0.15, -0.1) is 0 Å². The standard InChI is InChI=1S/C29H23NO7S/c1-19-12-13-22(18-20(19)2)27(31)28(21-8-4-3-5-9-21)37-29(32)25-10-6-7-11-26(25)38(35,36)24-16-14-23(15-17-24)30(33)34/h3-18,28H,1-2H3/t28-/m1/s1. The average Bonchev–Trinajstić information content (AvgIpc) is 2.93. The van der Waals surface area contributed by atoms with Crippen molar-refractivity contribution in [3.05, 3.63) is 135 Å². The number of benzene rings is 4. The van der Waals surface area contributed by atoms with Crippen LogP contribution < -0.4 is 0 Å². The minimum atomic E-state index is -4.25. The third-order valence-corrected chi connectivity index (χ3v) is 7.94. The molecule has 0 radical (unpaired) electrons. The number of non-ortho nitro benzene ring substituents is 1. The highest BCUT2D eigenvalue weighted by atomic mass is 32.2. The molecule has 0 unspecified atom stereocenters. The first-order valence-electron chi connectivity index (χ1n) is 11.6. The van der Waals surface area contributed by atoms with Crippen molar-refractivity contribution < 1.29 is 27.7 Å². The van der Waals surface area contributed by atoms with E-state index in [-0.39, 0.29) is 21.0 Å². The van der Waals surface area contributed by atoms with Gasteiger partial charge in [-0.2, -0.15) is 0 Å². The number of nitrogens with zero attached hydrogens (tertiary/aromatic N) is 1. The number of nitro groups is 1. The minimum Gasteiger partial charge on any atom is -0.445 e. The van der Waals surface area contributed by atoms with Crippen LogP contribution in [0, 0.1) is 24.0 Å². The Morgan fingerprint density at radius 1 is 0.816 bits per heavy atom. The third kappa shape index (κ3) is 5.37. The number of aryl methyl sites for hydroxylation is 2. The molecule has 0 heterocycles. The summed E-state index contributed by atoms with van der Waals surface area (Å²) in [6.45, 7) is 3.79. The second-order valence-electron chi connectivity index (χ2n) is 8.61. The summed E-state index contributed by atoms with van der Waals surface area (Å²) in [6, 6.07) is 23.5. The summed E-state index contributed by atoms with van der Waals surface area (Å²) in [6.07, 6.45) is -1.32. The van der Waals surface area contributed by atoms with Crippen molar-refractivity contribution in [1.29, 1.82) is 0 Å². The molecule has 8 nitrogen and oxygen atoms in total. The molecule has 38 heavy (non-hydrogen) atoms. The van der Waals surface area contributed by atoms with Crippen molar-refractivity contribution in [2.45, 2.75) is 29.7 Å². The number of rotatable bonds is 8. The monoisotopic (exact) mass is 529 g/mol. The second kappa shape index (κ2) is 10.8. The molecule has 192 valence electrons. The van der Waals surface area contributed by atoms with Gasteiger partial charge in [0.1, 0.15) is 0 Å². The lowest BCUT2D eigenvalue weighted by atomic mass is 9.97. The summed E-state index contributed by atoms with van der Waals surface area (Å²) in [5, 5.41) is 11.0. The van der Waals surface area contributed by atoms with E-state index < -0.39 is 32.6 Å². The molecule has 4 rings (SSSR count). The van der Waals surface area contributed by atoms with Crippen molar-refractivity contribution in [2.24, 2.45) is 0 Å². The molecule has 4 aromatic rings. The van der Waals surface area contributed by atoms with Crippen LogP contribution in [-0.4, -0.2) is 25.1 Å². The van der Waals surface area contributed by atoms with Crippen LogP contribution in [0.3, 0.4) is 0 Å². The van der Waals surface area contributed by atoms with Crippen LogP contribution in [0.15, 0.2) is 107 Å². The molecular weight excluding hydrogens is 506 g/mol. The first kappa shape index (κ1) is 26.4. The van der Waals surface area contributed by atoms with Gasteiger partial charge in [-0.05, 0) is 55.3 Å². The number of carbonyl (C=O) groups excluding carboxylic acids is 2. The summed E-state index contributed by atoms with van der Waals surface area (Å²) >= 11 is 0. The Morgan fingerprint density at radius 3 is 2.08 bits per heavy atom. The molecule has 0 spiro atoms. The van der Waals surface area contributed by atoms with Gasteiger partial charge < -0.3 is 4.74 Å². The third-order valence-electron chi connectivity index (χ3n) is 6.11. The fourth-order valence-electron chi connectivity index (χ4n) is 3.86. The maximum atomic E-state index is 13.5. The second-order valence-corrected chi connectivity index (χ2v) is 10.5. The molecule has 0 amide bonds. The van der Waals surface area contributed by atoms with Gasteiger partial charge in [-0.1, -0.05) is 54.6 Å². The lowest BCUT2D eigenvalue weighted by Crippen LogP contribution is -2.22. The highest BCUT2D eigenvalue weighted by molar-refractivity contribution is 7.91. The Hall–Kier alpha value is -4.63. The number of hydrogen-bond acceptors (Lipinski definition) is 7. The smallest absolute Gasteiger partial charge is 0.340 e. The van der Waals surface area contributed by atoms with Crippen molar-refractivity contribution >= 4 is 27.3 Å². The molecule has 9 heteroatoms. The molecule has 0 aliphatic heterocycles. The van der Waals surface area contributed by atoms with E-state index in [1.807, 2.05) is 13.8 Å². The minimum absolute atomic E-state index is 0.228. The van der Waals surface area contributed by atoms with Crippen LogP contribution >= 0.6 is 0 Å². The molecule has 4 aromatic carbocycles. The molecule has 0 bridgehead atoms. The van der Waals surface area contributed by atoms with E-state index >= 15 is 0 Å². The van der Waals surface area contributed by atoms with Gasteiger partial charge >= 0.3 is 5.97 Å². The Labute approximate surface area is 219 Å². The van der Waals surface area contributed by atoms with Crippen molar-refractivity contribution in [1.82, 2.24) is 0 Å². The van der Waals surface area contributed by atoms with Crippen molar-refractivity contribution in [2.75, 3.05) is 0 Å². The summed E-state index contributed by atoms with van der Waals surface area (Å²) < 4.78 is 32.4. The Bertz CT molecular complexity index is 1630. The predicted molar refractivity (Wildman–Crippen MR) is 140 cm³/mol. The molecule has 0 saturated carbocycles. The number of carbonyl (C=O) groups is 2. The van der Waals surface area contributed by atoms with Crippen LogP contribution in [0.4, 0.5) is 5.69 Å². The number of esters is 1. The van der Waals surface area contributed by atoms with Gasteiger partial charge in [0, 0.05) is 23.3 Å². The summed E-state index contributed by atoms with van der Waals surface area (Å²) in [5.41, 5.74) is 2.14. The van der Waals surface area contributed by atoms with Gasteiger partial charge in [0.2, 0.25) is 15.6 Å². The normalized spacial score (nSPS) is 11.9. The zero-order valence-electron chi connectivity index (χ0n) is 20.5. The molecule has 0 aliphatic carbocycles. The predicted octanol–water partition coefficient (Wildman–Crippen LogP) is 5.83. The zero-order chi connectivity index (χ0) is 27.4. The van der Waals surface area contributed by atoms with E-state index in [2.05, 4.69) is 0 Å². The summed E-state index contributed by atoms with van der Waals surface area (Å²) in [4.78, 5) is 36.7. The number of ether oxygens (including phenoxy) is 1. The van der Waals surface area contributed by atoms with E-state index in [0.717, 1.165) is 35.4 Å². The van der Waals surface area contributed by atoms with Gasteiger partial charge in [0.15, 0.2) is 6.10 Å². The first-order chi connectivity index (χ1) is 18.1. The van der Waals surface area contributed by atoms with Crippen molar-refractivity contribution in [3.63, 3.8) is 0 Å². The van der Waals surface area contributed by atoms with Crippen LogP contribution in [0.25, 0.3) is 0 Å². The maximum absolute atomic E-state index is 13.5. The Morgan fingerprint density at radius 2 is 1.45 bits per heavy atom. The highest BCUT2D eigenvalue weighted by Gasteiger charge is 2.31. The molecule has 0 fully saturated rings. The van der Waals surface area contributed by atoms with Gasteiger partial charge in [-0.3, -0.25) is 14.9 Å². The lowest BCUT2D eigenvalue weighted by molar-refractivity contribution is -0.384. The quantitative estimate of drug-likeness (QED) is 0.122. The van der Waals surface area contributed by atoms with E-state index in [1.165, 1.54) is 24.3 Å². The first-order valence-corrected chi connectivity index (χ1v) is 13.0. The fraction of sp³-hybridized carbons (Fsp3) is 0.103. The number of hydrogen-bond donors (Lipinski definition) is 0. The fourth-order valence-corrected chi connectivity index (χ4v) is 5.31. The largest absolute Gasteiger partial charge is 0.445 e. The number of Topliss-reactive ketones (excluding diaryl/α,β-unsaturated/α-hetero) is 1. The SMILES string of the molecule is Cc1ccc(C(=O)[C@H](OC(=O)c2ccccc2S(=O)(=O)c2ccc([N+](=O)[O-])cc2)c2ccccc2)cc1C. The van der Waals surface area contributed by atoms with Crippen molar-refractivity contribution in [3.8, 4) is 0 Å². The average molecular weight is 530 g/mol. The van der Waals surface area contributed by atoms with E-state index in [1.54, 1.807) is 48.5 Å². The van der Waals surface area contributed by atoms with Gasteiger partial charge in [0.05, 0.1) is 20.3 Å². The molecular formula is C29H23NO7S. The highest BCUT2D eigenvalue weighted by Crippen LogP contribution is 2.29. The van der Waals surface area contributed by atoms with Crippen LogP contribution in [0.1, 0.15) is 43.5 Å². The number of ketones is 1. The maximum Gasteiger partial charge on any atom is 0.340 e. The van der Waals surface area contributed by atoms with Gasteiger partial charge in [0.25, 0.3) is 5.69 Å². The Kier molecular flexibility index (Phi) is 7.50. The van der Waals surface area contributed by atoms with Crippen LogP contribution in [0.2, 0.25) is 0 Å². The number of sulfone groups is 1. The Balaban J connectivity index is 1.72. The van der Waals surface area contributed by atoms with Gasteiger partial charge in [-0.25, -0.2) is 13.2 Å². The summed E-state index contributed by atoms with van der Waals surface area (Å²) in [7, 11) is -4.25. The zero-order valence-corrected chi connectivity index (χ0v) is 21.3. The van der Waals surface area contributed by atoms with E-state index in [4.69, 9.17) is 4.74 Å². The topological polar surface area (TPSA) is 121 Å². The number of nitro benzene ring substituents is 1. The van der Waals surface area contributed by atoms with Crippen LogP contribution in [-0.2, 0) is 14.6 Å². The molecule has 0 N–H and O–H groups in total. The lowest BCUT2D eigenvalue weighted by Gasteiger charge is -2.19. The molecule has 1 atom stereocenters. The van der Waals surface area contributed by atoms with Crippen LogP contribution in [0.5, 0.6) is 0 Å². The molecule has 0 saturated heterocycles. The molecule has 0 aromatic heterocycles. The molecule has 0 aliphatic rings. The van der Waals surface area contributed by atoms with E-state index in [0.29, 0.717) is 11.1 Å². The summed E-state index contributed by atoms with van der Waals surface area (Å²) in [5.74, 6) is -1.46.